The Labute approximate surface area is 184 Å². The molecule has 0 atom stereocenters. The second kappa shape index (κ2) is 8.87. The molecule has 1 aliphatic rings. The van der Waals surface area contributed by atoms with Gasteiger partial charge in [-0.25, -0.2) is 0 Å². The Bertz CT molecular complexity index is 1160. The number of aryl methyl sites for hydroxylation is 1. The SMILES string of the molecule is COCCN(C)c1cc2c(cc1Cl)NC(=O)CC(c1ccnc(-c3cc(C)no3)c1)=N2. The number of carbonyl (C=O) groups excluding carboxylic acids is 1. The Morgan fingerprint density at radius 3 is 2.87 bits per heavy atom. The quantitative estimate of drug-likeness (QED) is 0.617. The molecule has 3 aromatic rings. The van der Waals surface area contributed by atoms with Crippen molar-refractivity contribution in [1.82, 2.24) is 10.1 Å². The molecule has 0 radical (unpaired) electrons. The molecule has 0 unspecified atom stereocenters. The summed E-state index contributed by atoms with van der Waals surface area (Å²) in [6, 6.07) is 9.09. The van der Waals surface area contributed by atoms with Crippen molar-refractivity contribution in [2.45, 2.75) is 13.3 Å². The fourth-order valence-electron chi connectivity index (χ4n) is 3.31. The number of hydrogen-bond acceptors (Lipinski definition) is 7. The number of fused-ring (bicyclic) bond motifs is 1. The zero-order valence-electron chi connectivity index (χ0n) is 17.5. The van der Waals surface area contributed by atoms with Crippen molar-refractivity contribution in [3.05, 3.63) is 52.8 Å². The van der Waals surface area contributed by atoms with Gasteiger partial charge >= 0.3 is 0 Å². The second-order valence-corrected chi connectivity index (χ2v) is 7.69. The summed E-state index contributed by atoms with van der Waals surface area (Å²) >= 11 is 6.47. The number of benzene rings is 1. The van der Waals surface area contributed by atoms with Gasteiger partial charge in [0.15, 0.2) is 5.76 Å². The van der Waals surface area contributed by atoms with Crippen molar-refractivity contribution >= 4 is 40.3 Å². The molecule has 0 aliphatic carbocycles. The molecule has 0 bridgehead atoms. The molecule has 1 N–H and O–H groups in total. The number of pyridine rings is 1. The van der Waals surface area contributed by atoms with Gasteiger partial charge in [0.1, 0.15) is 5.69 Å². The highest BCUT2D eigenvalue weighted by Gasteiger charge is 2.21. The van der Waals surface area contributed by atoms with Crippen molar-refractivity contribution in [3.63, 3.8) is 0 Å². The lowest BCUT2D eigenvalue weighted by Crippen LogP contribution is -2.22. The first-order valence-corrected chi connectivity index (χ1v) is 10.1. The first-order chi connectivity index (χ1) is 14.9. The molecule has 8 nitrogen and oxygen atoms in total. The van der Waals surface area contributed by atoms with Crippen LogP contribution in [0.1, 0.15) is 17.7 Å². The van der Waals surface area contributed by atoms with Gasteiger partial charge < -0.3 is 19.5 Å². The summed E-state index contributed by atoms with van der Waals surface area (Å²) in [5.74, 6) is 0.398. The largest absolute Gasteiger partial charge is 0.383 e. The Morgan fingerprint density at radius 1 is 1.29 bits per heavy atom. The minimum atomic E-state index is -0.164. The molecule has 1 aromatic carbocycles. The summed E-state index contributed by atoms with van der Waals surface area (Å²) in [5.41, 5.74) is 4.83. The third-order valence-electron chi connectivity index (χ3n) is 4.94. The van der Waals surface area contributed by atoms with Gasteiger partial charge in [-0.2, -0.15) is 0 Å². The van der Waals surface area contributed by atoms with Crippen LogP contribution in [0.5, 0.6) is 0 Å². The lowest BCUT2D eigenvalue weighted by atomic mass is 10.1. The number of amides is 1. The summed E-state index contributed by atoms with van der Waals surface area (Å²) in [6.45, 7) is 3.08. The van der Waals surface area contributed by atoms with Gasteiger partial charge in [0.05, 0.1) is 46.5 Å². The standard InChI is InChI=1S/C22H22ClN5O3/c1-13-8-21(31-27-13)19-9-14(4-5-24-19)16-12-22(29)26-17-10-15(23)20(11-18(17)25-16)28(2)6-7-30-3/h4-5,8-11H,6-7,12H2,1-3H3,(H,26,29). The normalized spacial score (nSPS) is 13.3. The van der Waals surface area contributed by atoms with E-state index in [4.69, 9.17) is 25.9 Å². The molecule has 4 rings (SSSR count). The minimum absolute atomic E-state index is 0.125. The molecule has 1 amide bonds. The molecule has 0 spiro atoms. The molecule has 160 valence electrons. The second-order valence-electron chi connectivity index (χ2n) is 7.28. The Hall–Kier alpha value is -3.23. The predicted octanol–water partition coefficient (Wildman–Crippen LogP) is 4.24. The number of carbonyl (C=O) groups is 1. The van der Waals surface area contributed by atoms with E-state index in [0.29, 0.717) is 46.7 Å². The number of anilines is 2. The molecule has 0 fully saturated rings. The van der Waals surface area contributed by atoms with E-state index in [2.05, 4.69) is 15.5 Å². The first kappa shape index (κ1) is 21.0. The first-order valence-electron chi connectivity index (χ1n) is 9.75. The predicted molar refractivity (Wildman–Crippen MR) is 121 cm³/mol. The van der Waals surface area contributed by atoms with Crippen LogP contribution in [-0.4, -0.2) is 49.1 Å². The van der Waals surface area contributed by atoms with Gasteiger partial charge in [0, 0.05) is 38.5 Å². The van der Waals surface area contributed by atoms with E-state index in [-0.39, 0.29) is 12.3 Å². The van der Waals surface area contributed by atoms with Crippen LogP contribution in [0.2, 0.25) is 5.02 Å². The van der Waals surface area contributed by atoms with Crippen LogP contribution in [0.3, 0.4) is 0 Å². The van der Waals surface area contributed by atoms with E-state index in [0.717, 1.165) is 16.9 Å². The van der Waals surface area contributed by atoms with Gasteiger partial charge in [0.25, 0.3) is 0 Å². The molecule has 3 heterocycles. The molecular formula is C22H22ClN5O3. The van der Waals surface area contributed by atoms with Gasteiger partial charge in [-0.3, -0.25) is 14.8 Å². The van der Waals surface area contributed by atoms with E-state index in [1.807, 2.05) is 43.1 Å². The highest BCUT2D eigenvalue weighted by Crippen LogP contribution is 2.38. The van der Waals surface area contributed by atoms with Crippen LogP contribution in [0.15, 0.2) is 46.0 Å². The van der Waals surface area contributed by atoms with Gasteiger partial charge in [-0.1, -0.05) is 16.8 Å². The number of aliphatic imine (C=N–C) groups is 1. The van der Waals surface area contributed by atoms with Crippen LogP contribution in [0, 0.1) is 6.92 Å². The molecular weight excluding hydrogens is 418 g/mol. The van der Waals surface area contributed by atoms with Crippen molar-refractivity contribution in [3.8, 4) is 11.5 Å². The fraction of sp³-hybridized carbons (Fsp3) is 0.273. The molecule has 1 aliphatic heterocycles. The molecule has 31 heavy (non-hydrogen) atoms. The maximum Gasteiger partial charge on any atom is 0.230 e. The van der Waals surface area contributed by atoms with Crippen LogP contribution >= 0.6 is 11.6 Å². The number of ether oxygens (including phenoxy) is 1. The van der Waals surface area contributed by atoms with Gasteiger partial charge in [-0.05, 0) is 31.2 Å². The number of likely N-dealkylation sites (N-methyl/N-ethyl adjacent to an activating group) is 1. The average Bonchev–Trinajstić information content (AvgIpc) is 3.12. The zero-order chi connectivity index (χ0) is 22.0. The number of halogens is 1. The highest BCUT2D eigenvalue weighted by molar-refractivity contribution is 6.34. The number of hydrogen-bond donors (Lipinski definition) is 1. The number of aromatic nitrogens is 2. The summed E-state index contributed by atoms with van der Waals surface area (Å²) in [5, 5.41) is 7.34. The maximum atomic E-state index is 12.6. The number of nitrogens with one attached hydrogen (secondary N) is 1. The van der Waals surface area contributed by atoms with Crippen LogP contribution in [-0.2, 0) is 9.53 Å². The summed E-state index contributed by atoms with van der Waals surface area (Å²) in [4.78, 5) is 23.7. The third kappa shape index (κ3) is 4.60. The number of methoxy groups -OCH3 is 1. The maximum absolute atomic E-state index is 12.6. The van der Waals surface area contributed by atoms with E-state index in [1.54, 1.807) is 19.4 Å². The van der Waals surface area contributed by atoms with E-state index in [1.165, 1.54) is 0 Å². The van der Waals surface area contributed by atoms with Crippen LogP contribution in [0.25, 0.3) is 11.5 Å². The molecule has 0 saturated carbocycles. The lowest BCUT2D eigenvalue weighted by molar-refractivity contribution is -0.115. The van der Waals surface area contributed by atoms with Crippen LogP contribution < -0.4 is 10.2 Å². The molecule has 9 heteroatoms. The van der Waals surface area contributed by atoms with Crippen molar-refractivity contribution in [1.29, 1.82) is 0 Å². The average molecular weight is 440 g/mol. The summed E-state index contributed by atoms with van der Waals surface area (Å²) in [6.07, 6.45) is 1.79. The van der Waals surface area contributed by atoms with Crippen molar-refractivity contribution < 1.29 is 14.1 Å². The number of rotatable bonds is 6. The van der Waals surface area contributed by atoms with Gasteiger partial charge in [0.2, 0.25) is 5.91 Å². The topological polar surface area (TPSA) is 92.8 Å². The van der Waals surface area contributed by atoms with E-state index in [9.17, 15) is 4.79 Å². The molecule has 2 aromatic heterocycles. The third-order valence-corrected chi connectivity index (χ3v) is 5.24. The zero-order valence-corrected chi connectivity index (χ0v) is 18.2. The monoisotopic (exact) mass is 439 g/mol. The van der Waals surface area contributed by atoms with E-state index < -0.39 is 0 Å². The van der Waals surface area contributed by atoms with E-state index >= 15 is 0 Å². The van der Waals surface area contributed by atoms with Crippen molar-refractivity contribution in [2.75, 3.05) is 37.5 Å². The smallest absolute Gasteiger partial charge is 0.230 e. The Kier molecular flexibility index (Phi) is 6.01. The van der Waals surface area contributed by atoms with Crippen molar-refractivity contribution in [2.24, 2.45) is 4.99 Å². The number of nitrogens with zero attached hydrogens (tertiary/aromatic N) is 4. The fourth-order valence-corrected chi connectivity index (χ4v) is 3.62. The Morgan fingerprint density at radius 2 is 2.13 bits per heavy atom. The lowest BCUT2D eigenvalue weighted by Gasteiger charge is -2.21. The molecule has 0 saturated heterocycles. The Balaban J connectivity index is 1.74. The summed E-state index contributed by atoms with van der Waals surface area (Å²) < 4.78 is 10.5. The van der Waals surface area contributed by atoms with Crippen LogP contribution in [0.4, 0.5) is 17.1 Å². The highest BCUT2D eigenvalue weighted by atomic mass is 35.5. The minimum Gasteiger partial charge on any atom is -0.383 e. The summed E-state index contributed by atoms with van der Waals surface area (Å²) in [7, 11) is 3.59. The van der Waals surface area contributed by atoms with Gasteiger partial charge in [-0.15, -0.1) is 0 Å².